The Bertz CT molecular complexity index is 642. The Morgan fingerprint density at radius 2 is 1.75 bits per heavy atom. The summed E-state index contributed by atoms with van der Waals surface area (Å²) in [5.41, 5.74) is 1.50. The van der Waals surface area contributed by atoms with Crippen LogP contribution in [0.25, 0.3) is 0 Å². The molecule has 1 aliphatic carbocycles. The number of para-hydroxylation sites is 1. The summed E-state index contributed by atoms with van der Waals surface area (Å²) >= 11 is 0. The van der Waals surface area contributed by atoms with E-state index in [0.717, 1.165) is 44.1 Å². The molecule has 1 aromatic carbocycles. The number of fused-ring (bicyclic) bond motifs is 1. The number of rotatable bonds is 2. The third-order valence-corrected chi connectivity index (χ3v) is 6.08. The third-order valence-electron chi connectivity index (χ3n) is 6.08. The summed E-state index contributed by atoms with van der Waals surface area (Å²) in [6.45, 7) is 2.49. The van der Waals surface area contributed by atoms with E-state index in [0.29, 0.717) is 17.9 Å². The van der Waals surface area contributed by atoms with Gasteiger partial charge in [0, 0.05) is 26.1 Å². The van der Waals surface area contributed by atoms with Crippen LogP contribution in [0.3, 0.4) is 0 Å². The largest absolute Gasteiger partial charge is 0.338 e. The van der Waals surface area contributed by atoms with Gasteiger partial charge in [-0.25, -0.2) is 0 Å². The molecule has 0 unspecified atom stereocenters. The standard InChI is InChI=1S/C20H26N2O2/c23-19-10-5-12-22(19)18-9-4-3-8-17(18)20(24)21-13-11-15-6-1-2-7-16(15)14-21/h3-4,8-9,15-16H,1-2,5-7,10-14H2/t15-,16+/m0/s1. The first-order valence-electron chi connectivity index (χ1n) is 9.42. The van der Waals surface area contributed by atoms with Crippen LogP contribution in [0.2, 0.25) is 0 Å². The van der Waals surface area contributed by atoms with Gasteiger partial charge in [0.15, 0.2) is 0 Å². The molecule has 1 aromatic rings. The van der Waals surface area contributed by atoms with Gasteiger partial charge in [0.05, 0.1) is 11.3 Å². The predicted octanol–water partition coefficient (Wildman–Crippen LogP) is 3.47. The molecular weight excluding hydrogens is 300 g/mol. The van der Waals surface area contributed by atoms with Gasteiger partial charge in [-0.05, 0) is 43.2 Å². The quantitative estimate of drug-likeness (QED) is 0.835. The smallest absolute Gasteiger partial charge is 0.255 e. The van der Waals surface area contributed by atoms with Crippen molar-refractivity contribution in [3.8, 4) is 0 Å². The van der Waals surface area contributed by atoms with Crippen molar-refractivity contribution in [1.82, 2.24) is 4.90 Å². The van der Waals surface area contributed by atoms with Crippen molar-refractivity contribution in [2.24, 2.45) is 11.8 Å². The molecule has 0 N–H and O–H groups in total. The minimum Gasteiger partial charge on any atom is -0.338 e. The van der Waals surface area contributed by atoms with E-state index in [2.05, 4.69) is 0 Å². The van der Waals surface area contributed by atoms with Gasteiger partial charge < -0.3 is 9.80 Å². The van der Waals surface area contributed by atoms with Crippen molar-refractivity contribution in [3.63, 3.8) is 0 Å². The van der Waals surface area contributed by atoms with E-state index in [1.807, 2.05) is 29.2 Å². The molecule has 2 atom stereocenters. The normalized spacial score (nSPS) is 27.2. The van der Waals surface area contributed by atoms with E-state index >= 15 is 0 Å². The van der Waals surface area contributed by atoms with Crippen molar-refractivity contribution in [2.75, 3.05) is 24.5 Å². The number of carbonyl (C=O) groups excluding carboxylic acids is 2. The highest BCUT2D eigenvalue weighted by Crippen LogP contribution is 2.37. The van der Waals surface area contributed by atoms with Crippen molar-refractivity contribution in [3.05, 3.63) is 29.8 Å². The highest BCUT2D eigenvalue weighted by molar-refractivity contribution is 6.05. The number of benzene rings is 1. The Balaban J connectivity index is 1.55. The molecule has 0 aromatic heterocycles. The molecule has 24 heavy (non-hydrogen) atoms. The number of piperidine rings is 1. The molecule has 2 saturated heterocycles. The van der Waals surface area contributed by atoms with Crippen LogP contribution in [0.15, 0.2) is 24.3 Å². The lowest BCUT2D eigenvalue weighted by molar-refractivity contribution is -0.117. The molecule has 4 nitrogen and oxygen atoms in total. The van der Waals surface area contributed by atoms with E-state index in [1.165, 1.54) is 25.7 Å². The van der Waals surface area contributed by atoms with Crippen LogP contribution < -0.4 is 4.90 Å². The fourth-order valence-corrected chi connectivity index (χ4v) is 4.75. The highest BCUT2D eigenvalue weighted by atomic mass is 16.2. The molecule has 128 valence electrons. The van der Waals surface area contributed by atoms with Crippen LogP contribution in [-0.4, -0.2) is 36.3 Å². The zero-order chi connectivity index (χ0) is 16.5. The second-order valence-corrected chi connectivity index (χ2v) is 7.51. The monoisotopic (exact) mass is 326 g/mol. The van der Waals surface area contributed by atoms with Crippen LogP contribution in [-0.2, 0) is 4.79 Å². The molecule has 4 heteroatoms. The topological polar surface area (TPSA) is 40.6 Å². The van der Waals surface area contributed by atoms with Crippen molar-refractivity contribution >= 4 is 17.5 Å². The fraction of sp³-hybridized carbons (Fsp3) is 0.600. The Hall–Kier alpha value is -1.84. The van der Waals surface area contributed by atoms with Gasteiger partial charge in [-0.2, -0.15) is 0 Å². The second-order valence-electron chi connectivity index (χ2n) is 7.51. The lowest BCUT2D eigenvalue weighted by Gasteiger charge is -2.41. The number of nitrogens with zero attached hydrogens (tertiary/aromatic N) is 2. The minimum absolute atomic E-state index is 0.106. The predicted molar refractivity (Wildman–Crippen MR) is 94.0 cm³/mol. The summed E-state index contributed by atoms with van der Waals surface area (Å²) in [5.74, 6) is 1.74. The maximum Gasteiger partial charge on any atom is 0.255 e. The van der Waals surface area contributed by atoms with Gasteiger partial charge in [0.2, 0.25) is 5.91 Å². The maximum atomic E-state index is 13.1. The molecule has 0 radical (unpaired) electrons. The molecule has 0 spiro atoms. The van der Waals surface area contributed by atoms with E-state index in [9.17, 15) is 9.59 Å². The summed E-state index contributed by atoms with van der Waals surface area (Å²) < 4.78 is 0. The van der Waals surface area contributed by atoms with Crippen LogP contribution in [0.4, 0.5) is 5.69 Å². The van der Waals surface area contributed by atoms with Gasteiger partial charge in [-0.15, -0.1) is 0 Å². The van der Waals surface area contributed by atoms with Crippen LogP contribution in [0.5, 0.6) is 0 Å². The first-order chi connectivity index (χ1) is 11.7. The summed E-state index contributed by atoms with van der Waals surface area (Å²) in [7, 11) is 0. The molecule has 3 aliphatic rings. The zero-order valence-electron chi connectivity index (χ0n) is 14.2. The number of hydrogen-bond acceptors (Lipinski definition) is 2. The molecule has 4 rings (SSSR count). The van der Waals surface area contributed by atoms with Gasteiger partial charge >= 0.3 is 0 Å². The van der Waals surface area contributed by atoms with Crippen LogP contribution >= 0.6 is 0 Å². The summed E-state index contributed by atoms with van der Waals surface area (Å²) in [5, 5.41) is 0. The van der Waals surface area contributed by atoms with Crippen molar-refractivity contribution in [1.29, 1.82) is 0 Å². The average Bonchev–Trinajstić information content (AvgIpc) is 3.06. The van der Waals surface area contributed by atoms with E-state index < -0.39 is 0 Å². The third kappa shape index (κ3) is 2.83. The second kappa shape index (κ2) is 6.58. The summed E-state index contributed by atoms with van der Waals surface area (Å²) in [6, 6.07) is 7.63. The fourth-order valence-electron chi connectivity index (χ4n) is 4.75. The Labute approximate surface area is 143 Å². The molecule has 2 heterocycles. The molecule has 3 fully saturated rings. The van der Waals surface area contributed by atoms with E-state index in [1.54, 1.807) is 4.90 Å². The molecular formula is C20H26N2O2. The number of carbonyl (C=O) groups is 2. The van der Waals surface area contributed by atoms with E-state index in [-0.39, 0.29) is 11.8 Å². The molecule has 1 saturated carbocycles. The summed E-state index contributed by atoms with van der Waals surface area (Å²) in [4.78, 5) is 29.1. The zero-order valence-corrected chi connectivity index (χ0v) is 14.2. The van der Waals surface area contributed by atoms with Gasteiger partial charge in [-0.1, -0.05) is 31.4 Å². The van der Waals surface area contributed by atoms with E-state index in [4.69, 9.17) is 0 Å². The Kier molecular flexibility index (Phi) is 4.30. The number of likely N-dealkylation sites (tertiary alicyclic amines) is 1. The number of anilines is 1. The highest BCUT2D eigenvalue weighted by Gasteiger charge is 2.34. The van der Waals surface area contributed by atoms with Crippen molar-refractivity contribution < 1.29 is 9.59 Å². The first kappa shape index (κ1) is 15.7. The van der Waals surface area contributed by atoms with Crippen LogP contribution in [0.1, 0.15) is 55.3 Å². The lowest BCUT2D eigenvalue weighted by Crippen LogP contribution is -2.45. The van der Waals surface area contributed by atoms with Gasteiger partial charge in [0.1, 0.15) is 0 Å². The minimum atomic E-state index is 0.106. The maximum absolute atomic E-state index is 13.1. The number of amides is 2. The molecule has 2 amide bonds. The molecule has 2 aliphatic heterocycles. The average molecular weight is 326 g/mol. The SMILES string of the molecule is O=C(c1ccccc1N1CCCC1=O)N1CC[C@@H]2CCCC[C@@H]2C1. The Morgan fingerprint density at radius 1 is 0.958 bits per heavy atom. The van der Waals surface area contributed by atoms with Gasteiger partial charge in [-0.3, -0.25) is 9.59 Å². The Morgan fingerprint density at radius 3 is 2.54 bits per heavy atom. The van der Waals surface area contributed by atoms with Gasteiger partial charge in [0.25, 0.3) is 5.91 Å². The lowest BCUT2D eigenvalue weighted by atomic mass is 9.75. The summed E-state index contributed by atoms with van der Waals surface area (Å²) in [6.07, 6.45) is 7.88. The van der Waals surface area contributed by atoms with Crippen LogP contribution in [0, 0.1) is 11.8 Å². The first-order valence-corrected chi connectivity index (χ1v) is 9.42. The van der Waals surface area contributed by atoms with Crippen molar-refractivity contribution in [2.45, 2.75) is 44.9 Å². The molecule has 0 bridgehead atoms. The number of hydrogen-bond donors (Lipinski definition) is 0.